The molecule has 0 aromatic heterocycles. The van der Waals surface area contributed by atoms with E-state index in [2.05, 4.69) is 11.8 Å². The van der Waals surface area contributed by atoms with Crippen LogP contribution in [0.3, 0.4) is 0 Å². The molecule has 1 saturated heterocycles. The van der Waals surface area contributed by atoms with Gasteiger partial charge in [-0.1, -0.05) is 42.9 Å². The van der Waals surface area contributed by atoms with Crippen molar-refractivity contribution in [1.82, 2.24) is 4.90 Å². The molecule has 4 heteroatoms. The third-order valence-electron chi connectivity index (χ3n) is 3.24. The topological polar surface area (TPSA) is 29.3 Å². The van der Waals surface area contributed by atoms with E-state index in [1.165, 1.54) is 6.42 Å². The van der Waals surface area contributed by atoms with Gasteiger partial charge < -0.3 is 5.73 Å². The quantitative estimate of drug-likeness (QED) is 0.855. The Hall–Kier alpha value is -0.640. The molecular weight excluding hydrogens is 252 g/mol. The van der Waals surface area contributed by atoms with Gasteiger partial charge in [-0.3, -0.25) is 4.90 Å². The Morgan fingerprint density at radius 2 is 2.35 bits per heavy atom. The molecule has 0 spiro atoms. The average molecular weight is 269 g/mol. The number of hydrogen-bond donors (Lipinski definition) is 1. The molecule has 1 aliphatic rings. The summed E-state index contributed by atoms with van der Waals surface area (Å²) in [4.78, 5) is 2.83. The maximum absolute atomic E-state index is 6.25. The van der Waals surface area contributed by atoms with E-state index in [1.807, 2.05) is 18.2 Å². The fourth-order valence-electron chi connectivity index (χ4n) is 2.24. The van der Waals surface area contributed by atoms with Crippen molar-refractivity contribution in [2.75, 3.05) is 13.1 Å². The number of halogens is 1. The lowest BCUT2D eigenvalue weighted by atomic mass is 10.1. The number of nitrogens with zero attached hydrogens (tertiary/aromatic N) is 1. The summed E-state index contributed by atoms with van der Waals surface area (Å²) < 4.78 is 0. The Morgan fingerprint density at radius 1 is 1.59 bits per heavy atom. The first-order chi connectivity index (χ1) is 8.06. The van der Waals surface area contributed by atoms with Crippen molar-refractivity contribution in [3.8, 4) is 0 Å². The van der Waals surface area contributed by atoms with Gasteiger partial charge in [0.2, 0.25) is 0 Å². The Morgan fingerprint density at radius 3 is 2.88 bits per heavy atom. The number of thiocarbonyl (C=S) groups is 1. The first-order valence-corrected chi connectivity index (χ1v) is 6.65. The third kappa shape index (κ3) is 3.18. The summed E-state index contributed by atoms with van der Waals surface area (Å²) in [5.74, 6) is 0.796. The van der Waals surface area contributed by atoms with Gasteiger partial charge in [-0.15, -0.1) is 0 Å². The van der Waals surface area contributed by atoms with Gasteiger partial charge in [0.05, 0.1) is 0 Å². The van der Waals surface area contributed by atoms with E-state index in [1.54, 1.807) is 0 Å². The van der Waals surface area contributed by atoms with Crippen molar-refractivity contribution < 1.29 is 0 Å². The fourth-order valence-corrected chi connectivity index (χ4v) is 2.61. The van der Waals surface area contributed by atoms with Gasteiger partial charge in [0.15, 0.2) is 0 Å². The number of hydrogen-bond acceptors (Lipinski definition) is 2. The molecule has 1 aliphatic heterocycles. The number of nitrogens with two attached hydrogens (primary N) is 1. The third-order valence-corrected chi connectivity index (χ3v) is 3.83. The zero-order valence-corrected chi connectivity index (χ0v) is 11.5. The summed E-state index contributed by atoms with van der Waals surface area (Å²) in [5, 5.41) is 0.759. The van der Waals surface area contributed by atoms with Crippen LogP contribution < -0.4 is 5.73 Å². The minimum atomic E-state index is 0.397. The Labute approximate surface area is 113 Å². The van der Waals surface area contributed by atoms with Crippen LogP contribution in [0.25, 0.3) is 0 Å². The Balaban J connectivity index is 2.09. The van der Waals surface area contributed by atoms with Gasteiger partial charge in [0, 0.05) is 23.7 Å². The molecule has 2 rings (SSSR count). The smallest absolute Gasteiger partial charge is 0.104 e. The zero-order chi connectivity index (χ0) is 12.4. The van der Waals surface area contributed by atoms with Crippen molar-refractivity contribution in [3.05, 3.63) is 34.3 Å². The lowest BCUT2D eigenvalue weighted by Gasteiger charge is -2.16. The van der Waals surface area contributed by atoms with Gasteiger partial charge in [0.1, 0.15) is 4.99 Å². The van der Waals surface area contributed by atoms with Gasteiger partial charge in [-0.05, 0) is 30.5 Å². The molecule has 1 aromatic rings. The fraction of sp³-hybridized carbons (Fsp3) is 0.462. The van der Waals surface area contributed by atoms with E-state index < -0.39 is 0 Å². The highest BCUT2D eigenvalue weighted by atomic mass is 35.5. The summed E-state index contributed by atoms with van der Waals surface area (Å²) in [6.45, 7) is 5.53. The number of likely N-dealkylation sites (tertiary alicyclic amines) is 1. The van der Waals surface area contributed by atoms with Crippen LogP contribution in [0.1, 0.15) is 24.5 Å². The van der Waals surface area contributed by atoms with E-state index in [0.717, 1.165) is 41.7 Å². The van der Waals surface area contributed by atoms with E-state index in [4.69, 9.17) is 29.6 Å². The van der Waals surface area contributed by atoms with Crippen LogP contribution in [0.4, 0.5) is 0 Å². The van der Waals surface area contributed by atoms with Crippen LogP contribution in [0.2, 0.25) is 5.02 Å². The predicted molar refractivity (Wildman–Crippen MR) is 76.4 cm³/mol. The van der Waals surface area contributed by atoms with Crippen LogP contribution in [-0.2, 0) is 6.54 Å². The molecule has 2 N–H and O–H groups in total. The lowest BCUT2D eigenvalue weighted by molar-refractivity contribution is 0.320. The van der Waals surface area contributed by atoms with Crippen LogP contribution >= 0.6 is 23.8 Å². The van der Waals surface area contributed by atoms with Gasteiger partial charge >= 0.3 is 0 Å². The van der Waals surface area contributed by atoms with Crippen LogP contribution in [0.5, 0.6) is 0 Å². The molecular formula is C13H17ClN2S. The molecule has 1 atom stereocenters. The summed E-state index contributed by atoms with van der Waals surface area (Å²) in [6.07, 6.45) is 1.28. The zero-order valence-electron chi connectivity index (χ0n) is 9.95. The standard InChI is InChI=1S/C13H17ClN2S/c1-9-4-5-16(7-9)8-11-3-2-10(13(15)17)6-12(11)14/h2-3,6,9H,4-5,7-8H2,1H3,(H2,15,17). The van der Waals surface area contributed by atoms with Gasteiger partial charge in [-0.2, -0.15) is 0 Å². The maximum Gasteiger partial charge on any atom is 0.104 e. The molecule has 0 bridgehead atoms. The highest BCUT2D eigenvalue weighted by Crippen LogP contribution is 2.23. The molecule has 0 saturated carbocycles. The first kappa shape index (κ1) is 12.8. The van der Waals surface area contributed by atoms with Crippen LogP contribution in [0.15, 0.2) is 18.2 Å². The summed E-state index contributed by atoms with van der Waals surface area (Å²) in [7, 11) is 0. The summed E-state index contributed by atoms with van der Waals surface area (Å²) >= 11 is 11.2. The van der Waals surface area contributed by atoms with Crippen molar-refractivity contribution in [2.45, 2.75) is 19.9 Å². The largest absolute Gasteiger partial charge is 0.389 e. The van der Waals surface area contributed by atoms with Crippen molar-refractivity contribution in [3.63, 3.8) is 0 Å². The van der Waals surface area contributed by atoms with E-state index in [-0.39, 0.29) is 0 Å². The normalized spacial score (nSPS) is 20.7. The van der Waals surface area contributed by atoms with Crippen LogP contribution in [0, 0.1) is 5.92 Å². The average Bonchev–Trinajstić information content (AvgIpc) is 2.67. The van der Waals surface area contributed by atoms with E-state index in [9.17, 15) is 0 Å². The monoisotopic (exact) mass is 268 g/mol. The van der Waals surface area contributed by atoms with E-state index >= 15 is 0 Å². The minimum absolute atomic E-state index is 0.397. The molecule has 1 heterocycles. The molecule has 2 nitrogen and oxygen atoms in total. The summed E-state index contributed by atoms with van der Waals surface area (Å²) in [6, 6.07) is 5.83. The maximum atomic E-state index is 6.25. The molecule has 1 aromatic carbocycles. The van der Waals surface area contributed by atoms with Crippen LogP contribution in [-0.4, -0.2) is 23.0 Å². The highest BCUT2D eigenvalue weighted by Gasteiger charge is 2.19. The Kier molecular flexibility index (Phi) is 4.02. The van der Waals surface area contributed by atoms with E-state index in [0.29, 0.717) is 4.99 Å². The van der Waals surface area contributed by atoms with Gasteiger partial charge in [0.25, 0.3) is 0 Å². The molecule has 0 aliphatic carbocycles. The van der Waals surface area contributed by atoms with Crippen molar-refractivity contribution in [1.29, 1.82) is 0 Å². The van der Waals surface area contributed by atoms with Gasteiger partial charge in [-0.25, -0.2) is 0 Å². The highest BCUT2D eigenvalue weighted by molar-refractivity contribution is 7.80. The lowest BCUT2D eigenvalue weighted by Crippen LogP contribution is -2.20. The molecule has 17 heavy (non-hydrogen) atoms. The second kappa shape index (κ2) is 5.34. The molecule has 92 valence electrons. The van der Waals surface area contributed by atoms with Crippen molar-refractivity contribution in [2.24, 2.45) is 11.7 Å². The first-order valence-electron chi connectivity index (χ1n) is 5.87. The molecule has 1 fully saturated rings. The number of benzene rings is 1. The Bertz CT molecular complexity index is 433. The second-order valence-corrected chi connectivity index (χ2v) is 5.65. The molecule has 1 unspecified atom stereocenters. The molecule has 0 radical (unpaired) electrons. The minimum Gasteiger partial charge on any atom is -0.389 e. The SMILES string of the molecule is CC1CCN(Cc2ccc(C(N)=S)cc2Cl)C1. The predicted octanol–water partition coefficient (Wildman–Crippen LogP) is 2.82. The van der Waals surface area contributed by atoms with Crippen molar-refractivity contribution >= 4 is 28.8 Å². The second-order valence-electron chi connectivity index (χ2n) is 4.80. The molecule has 0 amide bonds. The summed E-state index contributed by atoms with van der Waals surface area (Å²) in [5.41, 5.74) is 7.57. The number of rotatable bonds is 3.